The van der Waals surface area contributed by atoms with Gasteiger partial charge >= 0.3 is 5.69 Å². The number of aromatic hydroxyl groups is 1. The number of ether oxygens (including phenoxy) is 1. The maximum Gasteiger partial charge on any atom is 0.315 e. The Labute approximate surface area is 136 Å². The number of hydrogen-bond donors (Lipinski definition) is 2. The van der Waals surface area contributed by atoms with Gasteiger partial charge in [-0.1, -0.05) is 0 Å². The predicted octanol–water partition coefficient (Wildman–Crippen LogP) is 2.36. The van der Waals surface area contributed by atoms with Crippen LogP contribution in [-0.2, 0) is 0 Å². The molecule has 0 unspecified atom stereocenters. The number of nitro benzene ring substituents is 1. The van der Waals surface area contributed by atoms with Crippen LogP contribution < -0.4 is 10.2 Å². The molecule has 1 aromatic heterocycles. The fourth-order valence-electron chi connectivity index (χ4n) is 1.94. The fraction of sp³-hybridized carbons (Fsp3) is 0.200. The molecule has 0 aliphatic carbocycles. The van der Waals surface area contributed by atoms with Gasteiger partial charge in [0.05, 0.1) is 29.6 Å². The summed E-state index contributed by atoms with van der Waals surface area (Å²) in [5.41, 5.74) is 2.39. The van der Waals surface area contributed by atoms with Crippen molar-refractivity contribution in [1.82, 2.24) is 5.43 Å². The third kappa shape index (κ3) is 3.69. The van der Waals surface area contributed by atoms with E-state index in [1.165, 1.54) is 24.6 Å². The van der Waals surface area contributed by atoms with Crippen molar-refractivity contribution in [3.63, 3.8) is 0 Å². The van der Waals surface area contributed by atoms with E-state index in [1.54, 1.807) is 13.8 Å². The molecule has 9 heteroatoms. The first kappa shape index (κ1) is 17.0. The fourth-order valence-corrected chi connectivity index (χ4v) is 1.94. The Kier molecular flexibility index (Phi) is 5.15. The summed E-state index contributed by atoms with van der Waals surface area (Å²) in [6, 6.07) is 4.00. The van der Waals surface area contributed by atoms with Crippen molar-refractivity contribution in [2.75, 3.05) is 6.61 Å². The Morgan fingerprint density at radius 3 is 2.88 bits per heavy atom. The average molecular weight is 333 g/mol. The van der Waals surface area contributed by atoms with Crippen LogP contribution in [0.15, 0.2) is 34.0 Å². The summed E-state index contributed by atoms with van der Waals surface area (Å²) in [6.07, 6.45) is 2.59. The second-order valence-corrected chi connectivity index (χ2v) is 4.67. The number of hydrogen-bond acceptors (Lipinski definition) is 7. The lowest BCUT2D eigenvalue weighted by molar-refractivity contribution is -0.386. The normalized spacial score (nSPS) is 10.8. The van der Waals surface area contributed by atoms with Crippen molar-refractivity contribution >= 4 is 17.8 Å². The molecule has 0 aliphatic rings. The summed E-state index contributed by atoms with van der Waals surface area (Å²) in [6.45, 7) is 3.54. The third-order valence-electron chi connectivity index (χ3n) is 3.06. The number of rotatable bonds is 6. The molecule has 0 fully saturated rings. The van der Waals surface area contributed by atoms with Gasteiger partial charge < -0.3 is 14.3 Å². The van der Waals surface area contributed by atoms with Crippen LogP contribution >= 0.6 is 0 Å². The van der Waals surface area contributed by atoms with Crippen LogP contribution in [-0.4, -0.2) is 28.8 Å². The van der Waals surface area contributed by atoms with Gasteiger partial charge in [-0.2, -0.15) is 5.10 Å². The number of furan rings is 1. The van der Waals surface area contributed by atoms with Gasteiger partial charge in [-0.15, -0.1) is 0 Å². The van der Waals surface area contributed by atoms with Crippen molar-refractivity contribution in [2.24, 2.45) is 5.10 Å². The van der Waals surface area contributed by atoms with E-state index in [9.17, 15) is 20.0 Å². The lowest BCUT2D eigenvalue weighted by atomic mass is 10.2. The lowest BCUT2D eigenvalue weighted by Crippen LogP contribution is -2.17. The number of nitrogens with one attached hydrogen (secondary N) is 1. The molecule has 0 saturated carbocycles. The highest BCUT2D eigenvalue weighted by atomic mass is 16.6. The molecule has 0 radical (unpaired) electrons. The number of nitro groups is 1. The summed E-state index contributed by atoms with van der Waals surface area (Å²) in [4.78, 5) is 22.1. The molecule has 24 heavy (non-hydrogen) atoms. The van der Waals surface area contributed by atoms with Gasteiger partial charge in [-0.25, -0.2) is 5.43 Å². The Morgan fingerprint density at radius 1 is 1.54 bits per heavy atom. The molecule has 126 valence electrons. The van der Waals surface area contributed by atoms with E-state index in [1.807, 2.05) is 0 Å². The van der Waals surface area contributed by atoms with Crippen LogP contribution in [0.25, 0.3) is 0 Å². The zero-order chi connectivity index (χ0) is 17.7. The molecule has 0 spiro atoms. The van der Waals surface area contributed by atoms with Crippen LogP contribution in [0.4, 0.5) is 5.69 Å². The van der Waals surface area contributed by atoms with Gasteiger partial charge in [0.25, 0.3) is 5.91 Å². The topological polar surface area (TPSA) is 127 Å². The van der Waals surface area contributed by atoms with E-state index in [4.69, 9.17) is 9.15 Å². The van der Waals surface area contributed by atoms with Crippen molar-refractivity contribution in [3.05, 3.63) is 51.5 Å². The molecule has 1 aromatic carbocycles. The van der Waals surface area contributed by atoms with Crippen molar-refractivity contribution in [2.45, 2.75) is 13.8 Å². The van der Waals surface area contributed by atoms with E-state index in [0.717, 1.165) is 6.07 Å². The standard InChI is InChI=1S/C15H15N3O6/c1-3-23-13-7-10(6-12(14(13)19)18(21)22)8-16-17-15(20)11-4-5-24-9(11)2/h4-8,19H,3H2,1-2H3,(H,17,20)/b16-8+. The second kappa shape index (κ2) is 7.27. The highest BCUT2D eigenvalue weighted by Crippen LogP contribution is 2.36. The minimum absolute atomic E-state index is 0.0369. The Morgan fingerprint density at radius 2 is 2.29 bits per heavy atom. The molecule has 0 atom stereocenters. The molecule has 2 aromatic rings. The van der Waals surface area contributed by atoms with Crippen molar-refractivity contribution in [1.29, 1.82) is 0 Å². The van der Waals surface area contributed by atoms with E-state index in [0.29, 0.717) is 11.3 Å². The molecule has 0 aliphatic heterocycles. The van der Waals surface area contributed by atoms with Crippen LogP contribution in [0.2, 0.25) is 0 Å². The average Bonchev–Trinajstić information content (AvgIpc) is 2.96. The van der Waals surface area contributed by atoms with Gasteiger partial charge in [0.2, 0.25) is 5.75 Å². The number of aryl methyl sites for hydroxylation is 1. The number of hydrazone groups is 1. The highest BCUT2D eigenvalue weighted by Gasteiger charge is 2.19. The van der Waals surface area contributed by atoms with Crippen molar-refractivity contribution < 1.29 is 24.0 Å². The minimum Gasteiger partial charge on any atom is -0.500 e. The maximum atomic E-state index is 11.9. The van der Waals surface area contributed by atoms with Crippen LogP contribution in [0, 0.1) is 17.0 Å². The van der Waals surface area contributed by atoms with Gasteiger partial charge in [-0.3, -0.25) is 14.9 Å². The molecule has 9 nitrogen and oxygen atoms in total. The zero-order valence-corrected chi connectivity index (χ0v) is 13.0. The Bertz CT molecular complexity index is 797. The summed E-state index contributed by atoms with van der Waals surface area (Å²) in [5.74, 6) is -0.625. The molecular formula is C15H15N3O6. The molecule has 1 amide bonds. The zero-order valence-electron chi connectivity index (χ0n) is 13.0. The van der Waals surface area contributed by atoms with Crippen LogP contribution in [0.5, 0.6) is 11.5 Å². The van der Waals surface area contributed by atoms with Crippen molar-refractivity contribution in [3.8, 4) is 11.5 Å². The molecule has 0 bridgehead atoms. The summed E-state index contributed by atoms with van der Waals surface area (Å²) in [5, 5.41) is 24.5. The summed E-state index contributed by atoms with van der Waals surface area (Å²) >= 11 is 0. The number of amides is 1. The number of benzene rings is 1. The summed E-state index contributed by atoms with van der Waals surface area (Å²) in [7, 11) is 0. The SMILES string of the molecule is CCOc1cc(/C=N/NC(=O)c2ccoc2C)cc([N+](=O)[O-])c1O. The van der Waals surface area contributed by atoms with E-state index in [2.05, 4.69) is 10.5 Å². The quantitative estimate of drug-likeness (QED) is 0.474. The molecule has 2 N–H and O–H groups in total. The lowest BCUT2D eigenvalue weighted by Gasteiger charge is -2.07. The van der Waals surface area contributed by atoms with Gasteiger partial charge in [-0.05, 0) is 26.0 Å². The maximum absolute atomic E-state index is 11.9. The van der Waals surface area contributed by atoms with E-state index in [-0.39, 0.29) is 17.9 Å². The minimum atomic E-state index is -0.734. The van der Waals surface area contributed by atoms with Gasteiger partial charge in [0.15, 0.2) is 5.75 Å². The monoisotopic (exact) mass is 333 g/mol. The first-order chi connectivity index (χ1) is 11.4. The Hall–Kier alpha value is -3.36. The number of carbonyl (C=O) groups is 1. The smallest absolute Gasteiger partial charge is 0.315 e. The predicted molar refractivity (Wildman–Crippen MR) is 84.4 cm³/mol. The van der Waals surface area contributed by atoms with Gasteiger partial charge in [0.1, 0.15) is 5.76 Å². The first-order valence-electron chi connectivity index (χ1n) is 6.95. The third-order valence-corrected chi connectivity index (χ3v) is 3.06. The van der Waals surface area contributed by atoms with Gasteiger partial charge in [0, 0.05) is 11.6 Å². The summed E-state index contributed by atoms with van der Waals surface area (Å²) < 4.78 is 10.2. The highest BCUT2D eigenvalue weighted by molar-refractivity contribution is 5.95. The van der Waals surface area contributed by atoms with Crippen LogP contribution in [0.1, 0.15) is 28.6 Å². The molecule has 0 saturated heterocycles. The molecule has 1 heterocycles. The van der Waals surface area contributed by atoms with E-state index >= 15 is 0 Å². The first-order valence-corrected chi connectivity index (χ1v) is 6.95. The number of nitrogens with zero attached hydrogens (tertiary/aromatic N) is 2. The Balaban J connectivity index is 2.21. The number of carbonyl (C=O) groups excluding carboxylic acids is 1. The number of phenolic OH excluding ortho intramolecular Hbond substituents is 1. The number of phenols is 1. The molecule has 2 rings (SSSR count). The second-order valence-electron chi connectivity index (χ2n) is 4.67. The van der Waals surface area contributed by atoms with Crippen LogP contribution in [0.3, 0.4) is 0 Å². The largest absolute Gasteiger partial charge is 0.500 e. The molecular weight excluding hydrogens is 318 g/mol. The van der Waals surface area contributed by atoms with E-state index < -0.39 is 22.3 Å².